The molecular weight excluding hydrogens is 288 g/mol. The molecule has 2 aromatic carbocycles. The molecule has 0 fully saturated rings. The minimum atomic E-state index is -0.355. The average molecular weight is 310 g/mol. The summed E-state index contributed by atoms with van der Waals surface area (Å²) in [5.41, 5.74) is 2.34. The van der Waals surface area contributed by atoms with Crippen LogP contribution in [0.2, 0.25) is 0 Å². The van der Waals surface area contributed by atoms with Crippen LogP contribution in [0.25, 0.3) is 0 Å². The fourth-order valence-corrected chi connectivity index (χ4v) is 2.36. The molecule has 0 radical (unpaired) electrons. The van der Waals surface area contributed by atoms with Gasteiger partial charge in [-0.15, -0.1) is 0 Å². The minimum Gasteiger partial charge on any atom is -0.325 e. The molecule has 0 aliphatic heterocycles. The van der Waals surface area contributed by atoms with Gasteiger partial charge in [0.25, 0.3) is 0 Å². The predicted molar refractivity (Wildman–Crippen MR) is 92.5 cm³/mol. The lowest BCUT2D eigenvalue weighted by molar-refractivity contribution is -0.117. The average Bonchev–Trinajstić information content (AvgIpc) is 2.55. The summed E-state index contributed by atoms with van der Waals surface area (Å²) in [5.74, 6) is -0.154. The molecule has 0 heterocycles. The van der Waals surface area contributed by atoms with E-state index in [1.165, 1.54) is 6.92 Å². The zero-order valence-corrected chi connectivity index (χ0v) is 13.7. The van der Waals surface area contributed by atoms with Gasteiger partial charge in [-0.2, -0.15) is 0 Å². The van der Waals surface area contributed by atoms with Crippen molar-refractivity contribution in [3.63, 3.8) is 0 Å². The summed E-state index contributed by atoms with van der Waals surface area (Å²) >= 11 is 0. The number of Topliss-reactive ketones (excluding diaryl/α,β-unsaturated/α-hetero) is 1. The van der Waals surface area contributed by atoms with Gasteiger partial charge in [-0.1, -0.05) is 42.5 Å². The van der Waals surface area contributed by atoms with Gasteiger partial charge in [0.15, 0.2) is 5.78 Å². The van der Waals surface area contributed by atoms with Crippen molar-refractivity contribution in [3.8, 4) is 0 Å². The van der Waals surface area contributed by atoms with Crippen LogP contribution >= 0.6 is 0 Å². The van der Waals surface area contributed by atoms with E-state index in [9.17, 15) is 9.59 Å². The number of benzene rings is 2. The van der Waals surface area contributed by atoms with Gasteiger partial charge in [0.05, 0.1) is 6.04 Å². The van der Waals surface area contributed by atoms with Crippen LogP contribution in [0.15, 0.2) is 54.6 Å². The number of carbonyl (C=O) groups is 2. The third-order valence-corrected chi connectivity index (χ3v) is 3.73. The third-order valence-electron chi connectivity index (χ3n) is 3.73. The van der Waals surface area contributed by atoms with Crippen LogP contribution in [-0.2, 0) is 4.79 Å². The first-order valence-electron chi connectivity index (χ1n) is 7.70. The lowest BCUT2D eigenvalue weighted by Crippen LogP contribution is -2.39. The van der Waals surface area contributed by atoms with E-state index in [2.05, 4.69) is 10.6 Å². The molecule has 4 nitrogen and oxygen atoms in total. The van der Waals surface area contributed by atoms with Crippen molar-refractivity contribution < 1.29 is 9.59 Å². The van der Waals surface area contributed by atoms with Gasteiger partial charge in [-0.05, 0) is 38.5 Å². The predicted octanol–water partition coefficient (Wildman–Crippen LogP) is 3.57. The molecule has 2 N–H and O–H groups in total. The number of anilines is 1. The monoisotopic (exact) mass is 310 g/mol. The fourth-order valence-electron chi connectivity index (χ4n) is 2.36. The molecule has 0 aromatic heterocycles. The molecule has 2 rings (SSSR count). The van der Waals surface area contributed by atoms with Crippen molar-refractivity contribution in [1.82, 2.24) is 5.32 Å². The van der Waals surface area contributed by atoms with E-state index in [4.69, 9.17) is 0 Å². The SMILES string of the molecule is CC(=O)c1cccc(NC(=O)[C@H](C)N[C@@H](C)c2ccccc2)c1. The van der Waals surface area contributed by atoms with Crippen molar-refractivity contribution in [2.45, 2.75) is 32.9 Å². The lowest BCUT2D eigenvalue weighted by Gasteiger charge is -2.20. The highest BCUT2D eigenvalue weighted by Crippen LogP contribution is 2.14. The first kappa shape index (κ1) is 16.9. The molecule has 0 aliphatic carbocycles. The Balaban J connectivity index is 1.97. The van der Waals surface area contributed by atoms with E-state index in [1.54, 1.807) is 24.3 Å². The summed E-state index contributed by atoms with van der Waals surface area (Å²) in [4.78, 5) is 23.7. The Labute approximate surface area is 136 Å². The number of ketones is 1. The number of carbonyl (C=O) groups excluding carboxylic acids is 2. The topological polar surface area (TPSA) is 58.2 Å². The Morgan fingerprint density at radius 1 is 0.957 bits per heavy atom. The molecule has 2 aromatic rings. The van der Waals surface area contributed by atoms with Gasteiger partial charge >= 0.3 is 0 Å². The Morgan fingerprint density at radius 3 is 2.30 bits per heavy atom. The van der Waals surface area contributed by atoms with E-state index < -0.39 is 0 Å². The van der Waals surface area contributed by atoms with E-state index >= 15 is 0 Å². The quantitative estimate of drug-likeness (QED) is 0.802. The summed E-state index contributed by atoms with van der Waals surface area (Å²) in [6.45, 7) is 5.35. The van der Waals surface area contributed by atoms with Gasteiger partial charge < -0.3 is 5.32 Å². The van der Waals surface area contributed by atoms with Crippen LogP contribution in [0.5, 0.6) is 0 Å². The van der Waals surface area contributed by atoms with E-state index in [0.29, 0.717) is 11.3 Å². The Morgan fingerprint density at radius 2 is 1.65 bits per heavy atom. The second-order valence-electron chi connectivity index (χ2n) is 5.65. The molecule has 2 atom stereocenters. The summed E-state index contributed by atoms with van der Waals surface area (Å²) in [6.07, 6.45) is 0. The maximum atomic E-state index is 12.3. The normalized spacial score (nSPS) is 13.2. The zero-order chi connectivity index (χ0) is 16.8. The molecule has 4 heteroatoms. The van der Waals surface area contributed by atoms with Gasteiger partial charge in [-0.25, -0.2) is 0 Å². The summed E-state index contributed by atoms with van der Waals surface area (Å²) in [5, 5.41) is 6.11. The maximum Gasteiger partial charge on any atom is 0.241 e. The highest BCUT2D eigenvalue weighted by atomic mass is 16.2. The summed E-state index contributed by atoms with van der Waals surface area (Å²) < 4.78 is 0. The second-order valence-corrected chi connectivity index (χ2v) is 5.65. The first-order chi connectivity index (χ1) is 11.0. The Kier molecular flexibility index (Phi) is 5.66. The number of hydrogen-bond acceptors (Lipinski definition) is 3. The lowest BCUT2D eigenvalue weighted by atomic mass is 10.1. The molecule has 0 spiro atoms. The van der Waals surface area contributed by atoms with Crippen LogP contribution in [-0.4, -0.2) is 17.7 Å². The van der Waals surface area contributed by atoms with Gasteiger partial charge in [0, 0.05) is 17.3 Å². The van der Waals surface area contributed by atoms with Crippen LogP contribution in [0.4, 0.5) is 5.69 Å². The molecule has 23 heavy (non-hydrogen) atoms. The van der Waals surface area contributed by atoms with Crippen molar-refractivity contribution in [1.29, 1.82) is 0 Å². The van der Waals surface area contributed by atoms with Gasteiger partial charge in [-0.3, -0.25) is 14.9 Å². The van der Waals surface area contributed by atoms with Crippen molar-refractivity contribution in [2.75, 3.05) is 5.32 Å². The molecule has 0 unspecified atom stereocenters. The van der Waals surface area contributed by atoms with Crippen molar-refractivity contribution >= 4 is 17.4 Å². The second kappa shape index (κ2) is 7.70. The van der Waals surface area contributed by atoms with E-state index in [-0.39, 0.29) is 23.8 Å². The fraction of sp³-hybridized carbons (Fsp3) is 0.263. The smallest absolute Gasteiger partial charge is 0.241 e. The number of nitrogens with one attached hydrogen (secondary N) is 2. The summed E-state index contributed by atoms with van der Waals surface area (Å²) in [7, 11) is 0. The van der Waals surface area contributed by atoms with E-state index in [0.717, 1.165) is 5.56 Å². The standard InChI is InChI=1S/C19H22N2O2/c1-13(16-8-5-4-6-9-16)20-14(2)19(23)21-18-11-7-10-17(12-18)15(3)22/h4-14,20H,1-3H3,(H,21,23)/t13-,14-/m0/s1. The van der Waals surface area contributed by atoms with Crippen LogP contribution < -0.4 is 10.6 Å². The molecule has 0 bridgehead atoms. The maximum absolute atomic E-state index is 12.3. The molecule has 0 saturated carbocycles. The highest BCUT2D eigenvalue weighted by Gasteiger charge is 2.16. The zero-order valence-electron chi connectivity index (χ0n) is 13.7. The van der Waals surface area contributed by atoms with E-state index in [1.807, 2.05) is 44.2 Å². The van der Waals surface area contributed by atoms with Crippen molar-refractivity contribution in [3.05, 3.63) is 65.7 Å². The van der Waals surface area contributed by atoms with Gasteiger partial charge in [0.2, 0.25) is 5.91 Å². The molecular formula is C19H22N2O2. The molecule has 0 aliphatic rings. The number of rotatable bonds is 6. The first-order valence-corrected chi connectivity index (χ1v) is 7.70. The van der Waals surface area contributed by atoms with Crippen LogP contribution in [0.3, 0.4) is 0 Å². The van der Waals surface area contributed by atoms with Crippen LogP contribution in [0.1, 0.15) is 42.7 Å². The molecule has 120 valence electrons. The van der Waals surface area contributed by atoms with Crippen LogP contribution in [0, 0.1) is 0 Å². The number of amides is 1. The molecule has 0 saturated heterocycles. The largest absolute Gasteiger partial charge is 0.325 e. The van der Waals surface area contributed by atoms with Gasteiger partial charge in [0.1, 0.15) is 0 Å². The minimum absolute atomic E-state index is 0.0232. The third kappa shape index (κ3) is 4.76. The Bertz CT molecular complexity index is 683. The Hall–Kier alpha value is -2.46. The molecule has 1 amide bonds. The highest BCUT2D eigenvalue weighted by molar-refractivity contribution is 5.98. The summed E-state index contributed by atoms with van der Waals surface area (Å²) in [6, 6.07) is 16.6. The number of hydrogen-bond donors (Lipinski definition) is 2. The van der Waals surface area contributed by atoms with Crippen molar-refractivity contribution in [2.24, 2.45) is 0 Å².